The van der Waals surface area contributed by atoms with Crippen molar-refractivity contribution in [1.82, 2.24) is 9.55 Å². The van der Waals surface area contributed by atoms with Gasteiger partial charge in [0.15, 0.2) is 5.82 Å². The summed E-state index contributed by atoms with van der Waals surface area (Å²) < 4.78 is 15.9. The summed E-state index contributed by atoms with van der Waals surface area (Å²) in [6, 6.07) is 5.32. The molecule has 4 rings (SSSR count). The minimum absolute atomic E-state index is 0.0510. The highest BCUT2D eigenvalue weighted by Crippen LogP contribution is 2.50. The highest BCUT2D eigenvalue weighted by atomic mass is 19.1. The van der Waals surface area contributed by atoms with Gasteiger partial charge in [-0.25, -0.2) is 9.37 Å². The number of hydrogen-bond acceptors (Lipinski definition) is 2. The molecule has 0 aliphatic heterocycles. The molecule has 1 heterocycles. The number of carboxylic acids is 1. The Morgan fingerprint density at radius 1 is 1.42 bits per heavy atom. The molecule has 2 unspecified atom stereocenters. The minimum atomic E-state index is -0.778. The molecule has 0 saturated heterocycles. The first-order valence-corrected chi connectivity index (χ1v) is 6.56. The van der Waals surface area contributed by atoms with Crippen LogP contribution in [-0.4, -0.2) is 20.6 Å². The zero-order chi connectivity index (χ0) is 13.1. The van der Waals surface area contributed by atoms with E-state index in [1.165, 1.54) is 6.07 Å². The summed E-state index contributed by atoms with van der Waals surface area (Å²) in [7, 11) is 0. The van der Waals surface area contributed by atoms with Crippen LogP contribution in [0.15, 0.2) is 18.2 Å². The lowest BCUT2D eigenvalue weighted by atomic mass is 10.3. The molecule has 98 valence electrons. The Hall–Kier alpha value is -1.91. The van der Waals surface area contributed by atoms with E-state index >= 15 is 0 Å². The minimum Gasteiger partial charge on any atom is -0.481 e. The summed E-state index contributed by atoms with van der Waals surface area (Å²) in [5.41, 5.74) is 1.17. The Morgan fingerprint density at radius 2 is 2.21 bits per heavy atom. The van der Waals surface area contributed by atoms with Gasteiger partial charge in [0.25, 0.3) is 0 Å². The van der Waals surface area contributed by atoms with Crippen molar-refractivity contribution < 1.29 is 14.3 Å². The second-order valence-electron chi connectivity index (χ2n) is 5.47. The van der Waals surface area contributed by atoms with Crippen LogP contribution in [0.25, 0.3) is 11.0 Å². The fourth-order valence-electron chi connectivity index (χ4n) is 2.83. The lowest BCUT2D eigenvalue weighted by Crippen LogP contribution is -2.04. The first-order chi connectivity index (χ1) is 9.16. The quantitative estimate of drug-likeness (QED) is 0.923. The Balaban J connectivity index is 1.88. The van der Waals surface area contributed by atoms with Crippen LogP contribution in [0.3, 0.4) is 0 Å². The fourth-order valence-corrected chi connectivity index (χ4v) is 2.83. The maximum Gasteiger partial charge on any atom is 0.307 e. The number of halogens is 1. The molecule has 0 amide bonds. The number of nitrogens with zero attached hydrogens (tertiary/aromatic N) is 2. The van der Waals surface area contributed by atoms with Crippen molar-refractivity contribution >= 4 is 17.0 Å². The smallest absolute Gasteiger partial charge is 0.307 e. The van der Waals surface area contributed by atoms with Crippen LogP contribution in [0.4, 0.5) is 4.39 Å². The number of carbonyl (C=O) groups is 1. The van der Waals surface area contributed by atoms with Crippen molar-refractivity contribution in [3.05, 3.63) is 29.8 Å². The van der Waals surface area contributed by atoms with Gasteiger partial charge in [0.05, 0.1) is 11.4 Å². The number of fused-ring (bicyclic) bond motifs is 1. The number of benzene rings is 1. The normalized spacial score (nSPS) is 25.7. The Morgan fingerprint density at radius 3 is 2.84 bits per heavy atom. The lowest BCUT2D eigenvalue weighted by molar-refractivity contribution is -0.138. The van der Waals surface area contributed by atoms with Crippen molar-refractivity contribution in [3.63, 3.8) is 0 Å². The molecule has 2 aliphatic carbocycles. The molecule has 4 nitrogen and oxygen atoms in total. The van der Waals surface area contributed by atoms with Crippen molar-refractivity contribution in [2.24, 2.45) is 5.92 Å². The van der Waals surface area contributed by atoms with E-state index in [1.807, 2.05) is 6.07 Å². The SMILES string of the molecule is O=C(O)C1CC1c1nc2c(F)cccc2n1C1CC1. The molecule has 1 N–H and O–H groups in total. The summed E-state index contributed by atoms with van der Waals surface area (Å²) in [6.07, 6.45) is 2.76. The second-order valence-corrected chi connectivity index (χ2v) is 5.47. The molecule has 0 bridgehead atoms. The number of carboxylic acid groups (broad SMARTS) is 1. The highest BCUT2D eigenvalue weighted by molar-refractivity contribution is 5.79. The molecule has 19 heavy (non-hydrogen) atoms. The van der Waals surface area contributed by atoms with Gasteiger partial charge in [-0.2, -0.15) is 0 Å². The molecule has 2 aliphatic rings. The van der Waals surface area contributed by atoms with Crippen LogP contribution < -0.4 is 0 Å². The monoisotopic (exact) mass is 260 g/mol. The number of imidazole rings is 1. The topological polar surface area (TPSA) is 55.1 Å². The predicted molar refractivity (Wildman–Crippen MR) is 66.4 cm³/mol. The molecular weight excluding hydrogens is 247 g/mol. The third-order valence-electron chi connectivity index (χ3n) is 4.05. The zero-order valence-electron chi connectivity index (χ0n) is 10.2. The number of aromatic nitrogens is 2. The molecule has 5 heteroatoms. The van der Waals surface area contributed by atoms with Crippen LogP contribution in [0.1, 0.15) is 37.0 Å². The van der Waals surface area contributed by atoms with Crippen molar-refractivity contribution in [2.45, 2.75) is 31.2 Å². The van der Waals surface area contributed by atoms with E-state index < -0.39 is 5.97 Å². The molecule has 0 radical (unpaired) electrons. The molecule has 2 fully saturated rings. The summed E-state index contributed by atoms with van der Waals surface area (Å²) in [6.45, 7) is 0. The van der Waals surface area contributed by atoms with Gasteiger partial charge >= 0.3 is 5.97 Å². The Kier molecular flexibility index (Phi) is 2.05. The summed E-state index contributed by atoms with van der Waals surface area (Å²) in [5, 5.41) is 9.05. The molecule has 2 aromatic rings. The van der Waals surface area contributed by atoms with Gasteiger partial charge in [-0.15, -0.1) is 0 Å². The van der Waals surface area contributed by atoms with Gasteiger partial charge < -0.3 is 9.67 Å². The van der Waals surface area contributed by atoms with Gasteiger partial charge in [0.1, 0.15) is 11.3 Å². The van der Waals surface area contributed by atoms with Crippen LogP contribution in [0.5, 0.6) is 0 Å². The van der Waals surface area contributed by atoms with Gasteiger partial charge in [-0.3, -0.25) is 4.79 Å². The van der Waals surface area contributed by atoms with E-state index in [-0.39, 0.29) is 17.7 Å². The second kappa shape index (κ2) is 3.56. The predicted octanol–water partition coefficient (Wildman–Crippen LogP) is 2.70. The molecule has 2 saturated carbocycles. The van der Waals surface area contributed by atoms with Crippen molar-refractivity contribution in [2.75, 3.05) is 0 Å². The summed E-state index contributed by atoms with van der Waals surface area (Å²) in [4.78, 5) is 15.4. The van der Waals surface area contributed by atoms with E-state index in [2.05, 4.69) is 9.55 Å². The average Bonchev–Trinajstić information content (AvgIpc) is 3.27. The molecule has 1 aromatic heterocycles. The van der Waals surface area contributed by atoms with Gasteiger partial charge in [-0.1, -0.05) is 6.07 Å². The zero-order valence-corrected chi connectivity index (χ0v) is 10.2. The summed E-state index contributed by atoms with van der Waals surface area (Å²) >= 11 is 0. The summed E-state index contributed by atoms with van der Waals surface area (Å²) in [5.74, 6) is -0.747. The van der Waals surface area contributed by atoms with E-state index in [9.17, 15) is 9.18 Å². The van der Waals surface area contributed by atoms with E-state index in [4.69, 9.17) is 5.11 Å². The molecule has 0 spiro atoms. The maximum absolute atomic E-state index is 13.8. The van der Waals surface area contributed by atoms with Gasteiger partial charge in [0.2, 0.25) is 0 Å². The molecule has 2 atom stereocenters. The van der Waals surface area contributed by atoms with Crippen LogP contribution in [0, 0.1) is 11.7 Å². The van der Waals surface area contributed by atoms with Crippen LogP contribution in [0.2, 0.25) is 0 Å². The first kappa shape index (κ1) is 11.0. The molecule has 1 aromatic carbocycles. The third-order valence-corrected chi connectivity index (χ3v) is 4.05. The number of aliphatic carboxylic acids is 1. The number of hydrogen-bond donors (Lipinski definition) is 1. The van der Waals surface area contributed by atoms with E-state index in [1.54, 1.807) is 6.07 Å². The highest BCUT2D eigenvalue weighted by Gasteiger charge is 2.48. The Labute approximate surface area is 108 Å². The number of rotatable bonds is 3. The molecular formula is C14H13FN2O2. The van der Waals surface area contributed by atoms with Crippen molar-refractivity contribution in [1.29, 1.82) is 0 Å². The average molecular weight is 260 g/mol. The van der Waals surface area contributed by atoms with E-state index in [0.29, 0.717) is 18.0 Å². The lowest BCUT2D eigenvalue weighted by Gasteiger charge is -2.06. The fraction of sp³-hybridized carbons (Fsp3) is 0.429. The van der Waals surface area contributed by atoms with Crippen LogP contribution >= 0.6 is 0 Å². The van der Waals surface area contributed by atoms with E-state index in [0.717, 1.165) is 24.2 Å². The standard InChI is InChI=1S/C14H13FN2O2/c15-10-2-1-3-11-12(10)16-13(17(11)7-4-5-7)8-6-9(8)14(18)19/h1-3,7-9H,4-6H2,(H,18,19). The third kappa shape index (κ3) is 1.57. The van der Waals surface area contributed by atoms with Crippen molar-refractivity contribution in [3.8, 4) is 0 Å². The van der Waals surface area contributed by atoms with Gasteiger partial charge in [-0.05, 0) is 31.4 Å². The number of para-hydroxylation sites is 1. The van der Waals surface area contributed by atoms with Gasteiger partial charge in [0, 0.05) is 12.0 Å². The van der Waals surface area contributed by atoms with Crippen LogP contribution in [-0.2, 0) is 4.79 Å². The maximum atomic E-state index is 13.8. The first-order valence-electron chi connectivity index (χ1n) is 6.56. The largest absolute Gasteiger partial charge is 0.481 e. The Bertz CT molecular complexity index is 690.